The Hall–Kier alpha value is -2.25. The number of carbonyl (C=O) groups excluding carboxylic acids is 2. The lowest BCUT2D eigenvalue weighted by atomic mass is 9.93. The molecular formula is C18H28N2O10. The van der Waals surface area contributed by atoms with Gasteiger partial charge in [0.05, 0.1) is 13.7 Å². The van der Waals surface area contributed by atoms with Gasteiger partial charge in [0.2, 0.25) is 0 Å². The van der Waals surface area contributed by atoms with Crippen molar-refractivity contribution in [3.05, 3.63) is 17.5 Å². The highest BCUT2D eigenvalue weighted by molar-refractivity contribution is 5.81. The molecule has 0 aromatic carbocycles. The van der Waals surface area contributed by atoms with Crippen molar-refractivity contribution in [2.45, 2.75) is 69.4 Å². The average molecular weight is 432 g/mol. The molecule has 1 aromatic heterocycles. The molecule has 12 heteroatoms. The van der Waals surface area contributed by atoms with Crippen LogP contribution in [0.4, 0.5) is 4.79 Å². The van der Waals surface area contributed by atoms with Crippen molar-refractivity contribution in [3.63, 3.8) is 0 Å². The van der Waals surface area contributed by atoms with E-state index in [4.69, 9.17) is 14.0 Å². The Morgan fingerprint density at radius 3 is 2.47 bits per heavy atom. The molecule has 5 N–H and O–H groups in total. The average Bonchev–Trinajstić information content (AvgIpc) is 3.12. The van der Waals surface area contributed by atoms with Gasteiger partial charge in [-0.15, -0.1) is 0 Å². The van der Waals surface area contributed by atoms with E-state index < -0.39 is 60.8 Å². The van der Waals surface area contributed by atoms with Gasteiger partial charge in [0.15, 0.2) is 0 Å². The third-order valence-electron chi connectivity index (χ3n) is 4.34. The Labute approximate surface area is 172 Å². The first-order valence-electron chi connectivity index (χ1n) is 9.30. The molecule has 1 fully saturated rings. The van der Waals surface area contributed by atoms with Gasteiger partial charge in [0, 0.05) is 12.5 Å². The quantitative estimate of drug-likeness (QED) is 0.341. The molecule has 1 aromatic rings. The van der Waals surface area contributed by atoms with Gasteiger partial charge in [0.25, 0.3) is 0 Å². The van der Waals surface area contributed by atoms with Crippen LogP contribution in [0.5, 0.6) is 0 Å². The zero-order valence-corrected chi connectivity index (χ0v) is 17.1. The van der Waals surface area contributed by atoms with Crippen LogP contribution in [-0.2, 0) is 25.4 Å². The zero-order valence-electron chi connectivity index (χ0n) is 17.1. The first-order chi connectivity index (χ1) is 14.0. The number of ether oxygens (including phenoxy) is 3. The van der Waals surface area contributed by atoms with Crippen LogP contribution in [-0.4, -0.2) is 87.4 Å². The summed E-state index contributed by atoms with van der Waals surface area (Å²) >= 11 is 0. The standard InChI is InChI=1S/C18H28N2O10/c1-18(2,3)29-17(26)19-10(16(25)27-4)6-8-5-9(20-30-8)15-14(24)13(23)12(22)11(7-21)28-15/h5,10-15,21-24H,6-7H2,1-4H3,(H,19,26)/t10-,11+,12-,13-,14+,15-/m0/s1. The van der Waals surface area contributed by atoms with E-state index in [1.54, 1.807) is 20.8 Å². The number of aliphatic hydroxyl groups excluding tert-OH is 4. The van der Waals surface area contributed by atoms with Crippen LogP contribution in [0.3, 0.4) is 0 Å². The number of methoxy groups -OCH3 is 1. The Morgan fingerprint density at radius 2 is 1.90 bits per heavy atom. The Bertz CT molecular complexity index is 729. The molecule has 170 valence electrons. The van der Waals surface area contributed by atoms with Crippen molar-refractivity contribution in [2.24, 2.45) is 0 Å². The van der Waals surface area contributed by atoms with Crippen LogP contribution in [0.15, 0.2) is 10.6 Å². The van der Waals surface area contributed by atoms with Gasteiger partial charge in [0.1, 0.15) is 53.6 Å². The molecule has 0 spiro atoms. The Morgan fingerprint density at radius 1 is 1.23 bits per heavy atom. The van der Waals surface area contributed by atoms with Crippen LogP contribution < -0.4 is 5.32 Å². The number of nitrogens with zero attached hydrogens (tertiary/aromatic N) is 1. The third-order valence-corrected chi connectivity index (χ3v) is 4.34. The van der Waals surface area contributed by atoms with E-state index in [2.05, 4.69) is 15.2 Å². The van der Waals surface area contributed by atoms with Gasteiger partial charge < -0.3 is 44.5 Å². The second-order valence-electron chi connectivity index (χ2n) is 7.89. The highest BCUT2D eigenvalue weighted by atomic mass is 16.6. The lowest BCUT2D eigenvalue weighted by Crippen LogP contribution is -2.55. The summed E-state index contributed by atoms with van der Waals surface area (Å²) in [4.78, 5) is 24.0. The maximum absolute atomic E-state index is 12.0. The molecule has 2 rings (SSSR count). The second-order valence-corrected chi connectivity index (χ2v) is 7.89. The number of alkyl carbamates (subject to hydrolysis) is 1. The fourth-order valence-electron chi connectivity index (χ4n) is 2.89. The van der Waals surface area contributed by atoms with Crippen molar-refractivity contribution in [1.29, 1.82) is 0 Å². The van der Waals surface area contributed by atoms with Crippen LogP contribution in [0.2, 0.25) is 0 Å². The predicted molar refractivity (Wildman–Crippen MR) is 98.1 cm³/mol. The Kier molecular flexibility index (Phi) is 7.77. The van der Waals surface area contributed by atoms with Crippen molar-refractivity contribution < 1.29 is 48.7 Å². The molecule has 0 aliphatic carbocycles. The predicted octanol–water partition coefficient (Wildman–Crippen LogP) is -1.20. The summed E-state index contributed by atoms with van der Waals surface area (Å²) in [5.41, 5.74) is -0.699. The summed E-state index contributed by atoms with van der Waals surface area (Å²) in [7, 11) is 1.16. The van der Waals surface area contributed by atoms with Gasteiger partial charge >= 0.3 is 12.1 Å². The smallest absolute Gasteiger partial charge is 0.408 e. The SMILES string of the molecule is COC(=O)[C@H](Cc1cc([C@@H]2O[C@H](CO)[C@H](O)[C@H](O)[C@H]2O)no1)NC(=O)OC(C)(C)C. The molecule has 1 aliphatic rings. The van der Waals surface area contributed by atoms with Gasteiger partial charge in [-0.2, -0.15) is 0 Å². The van der Waals surface area contributed by atoms with Crippen LogP contribution >= 0.6 is 0 Å². The topological polar surface area (TPSA) is 181 Å². The molecule has 2 heterocycles. The Balaban J connectivity index is 2.12. The normalized spacial score (nSPS) is 27.9. The highest BCUT2D eigenvalue weighted by Crippen LogP contribution is 2.32. The van der Waals surface area contributed by atoms with E-state index in [0.29, 0.717) is 0 Å². The molecule has 0 unspecified atom stereocenters. The molecule has 0 radical (unpaired) electrons. The number of carbonyl (C=O) groups is 2. The van der Waals surface area contributed by atoms with Crippen molar-refractivity contribution >= 4 is 12.1 Å². The van der Waals surface area contributed by atoms with Gasteiger partial charge in [-0.25, -0.2) is 9.59 Å². The largest absolute Gasteiger partial charge is 0.467 e. The lowest BCUT2D eigenvalue weighted by molar-refractivity contribution is -0.233. The maximum atomic E-state index is 12.0. The molecular weight excluding hydrogens is 404 g/mol. The van der Waals surface area contributed by atoms with Crippen LogP contribution in [0.25, 0.3) is 0 Å². The van der Waals surface area contributed by atoms with Gasteiger partial charge in [-0.05, 0) is 20.8 Å². The molecule has 0 saturated carbocycles. The third kappa shape index (κ3) is 5.89. The summed E-state index contributed by atoms with van der Waals surface area (Å²) in [6.07, 6.45) is -7.87. The van der Waals surface area contributed by atoms with Crippen molar-refractivity contribution in [1.82, 2.24) is 10.5 Å². The number of rotatable bonds is 6. The summed E-state index contributed by atoms with van der Waals surface area (Å²) in [6.45, 7) is 4.42. The number of hydrogen-bond donors (Lipinski definition) is 5. The number of aromatic nitrogens is 1. The molecule has 12 nitrogen and oxygen atoms in total. The summed E-state index contributed by atoms with van der Waals surface area (Å²) < 4.78 is 20.4. The van der Waals surface area contributed by atoms with Crippen molar-refractivity contribution in [2.75, 3.05) is 13.7 Å². The number of hydrogen-bond acceptors (Lipinski definition) is 11. The number of nitrogens with one attached hydrogen (secondary N) is 1. The molecule has 1 amide bonds. The summed E-state index contributed by atoms with van der Waals surface area (Å²) in [5, 5.41) is 45.4. The van der Waals surface area contributed by atoms with E-state index in [1.165, 1.54) is 6.07 Å². The van der Waals surface area contributed by atoms with E-state index in [1.807, 2.05) is 0 Å². The molecule has 1 aliphatic heterocycles. The number of esters is 1. The minimum absolute atomic E-state index is 0.0720. The van der Waals surface area contributed by atoms with E-state index >= 15 is 0 Å². The maximum Gasteiger partial charge on any atom is 0.408 e. The number of aliphatic hydroxyl groups is 4. The van der Waals surface area contributed by atoms with E-state index in [-0.39, 0.29) is 17.9 Å². The molecule has 30 heavy (non-hydrogen) atoms. The first kappa shape index (κ1) is 24.0. The second kappa shape index (κ2) is 9.71. The van der Waals surface area contributed by atoms with Crippen LogP contribution in [0, 0.1) is 0 Å². The summed E-state index contributed by atoms with van der Waals surface area (Å²) in [5.74, 6) is -0.597. The molecule has 1 saturated heterocycles. The number of amides is 1. The zero-order chi connectivity index (χ0) is 22.6. The minimum atomic E-state index is -1.57. The van der Waals surface area contributed by atoms with Crippen LogP contribution in [0.1, 0.15) is 38.3 Å². The summed E-state index contributed by atoms with van der Waals surface area (Å²) in [6, 6.07) is 0.222. The van der Waals surface area contributed by atoms with Gasteiger partial charge in [-0.3, -0.25) is 0 Å². The first-order valence-corrected chi connectivity index (χ1v) is 9.30. The monoisotopic (exact) mass is 432 g/mol. The fraction of sp³-hybridized carbons (Fsp3) is 0.722. The molecule has 6 atom stereocenters. The van der Waals surface area contributed by atoms with Gasteiger partial charge in [-0.1, -0.05) is 5.16 Å². The van der Waals surface area contributed by atoms with E-state index in [0.717, 1.165) is 7.11 Å². The highest BCUT2D eigenvalue weighted by Gasteiger charge is 2.45. The minimum Gasteiger partial charge on any atom is -0.467 e. The van der Waals surface area contributed by atoms with E-state index in [9.17, 15) is 30.0 Å². The molecule has 0 bridgehead atoms. The lowest BCUT2D eigenvalue weighted by Gasteiger charge is -2.39. The van der Waals surface area contributed by atoms with Crippen molar-refractivity contribution in [3.8, 4) is 0 Å². The fourth-order valence-corrected chi connectivity index (χ4v) is 2.89.